The first-order valence-corrected chi connectivity index (χ1v) is 10.9. The first kappa shape index (κ1) is 20.5. The van der Waals surface area contributed by atoms with Crippen LogP contribution in [0.25, 0.3) is 10.2 Å². The molecule has 0 radical (unpaired) electrons. The lowest BCUT2D eigenvalue weighted by Crippen LogP contribution is -2.43. The van der Waals surface area contributed by atoms with Crippen molar-refractivity contribution in [2.24, 2.45) is 0 Å². The van der Waals surface area contributed by atoms with Crippen LogP contribution in [0, 0.1) is 25.2 Å². The fourth-order valence-corrected chi connectivity index (χ4v) is 4.55. The normalized spacial score (nSPS) is 14.6. The number of rotatable bonds is 5. The molecule has 1 fully saturated rings. The number of benzene rings is 2. The highest BCUT2D eigenvalue weighted by Crippen LogP contribution is 2.31. The van der Waals surface area contributed by atoms with Crippen LogP contribution in [0.5, 0.6) is 0 Å². The van der Waals surface area contributed by atoms with E-state index in [1.807, 2.05) is 0 Å². The van der Waals surface area contributed by atoms with Crippen LogP contribution in [-0.4, -0.2) is 55.2 Å². The highest BCUT2D eigenvalue weighted by atomic mass is 32.1. The zero-order valence-electron chi connectivity index (χ0n) is 17.2. The van der Waals surface area contributed by atoms with Crippen molar-refractivity contribution in [1.82, 2.24) is 9.88 Å². The van der Waals surface area contributed by atoms with E-state index in [2.05, 4.69) is 36.9 Å². The largest absolute Gasteiger partial charge is 0.379 e. The fourth-order valence-electron chi connectivity index (χ4n) is 3.48. The van der Waals surface area contributed by atoms with Gasteiger partial charge in [0.1, 0.15) is 0 Å². The molecule has 6 nitrogen and oxygen atoms in total. The van der Waals surface area contributed by atoms with Gasteiger partial charge in [-0.2, -0.15) is 5.26 Å². The molecule has 154 valence electrons. The number of nitriles is 1. The third-order valence-corrected chi connectivity index (χ3v) is 6.51. The molecule has 0 bridgehead atoms. The number of hydrogen-bond acceptors (Lipinski definition) is 6. The van der Waals surface area contributed by atoms with Crippen LogP contribution in [0.1, 0.15) is 27.0 Å². The molecule has 0 spiro atoms. The van der Waals surface area contributed by atoms with Gasteiger partial charge in [0.05, 0.1) is 35.1 Å². The van der Waals surface area contributed by atoms with Crippen molar-refractivity contribution < 1.29 is 9.53 Å². The van der Waals surface area contributed by atoms with E-state index in [4.69, 9.17) is 15.0 Å². The van der Waals surface area contributed by atoms with Crippen LogP contribution in [0.4, 0.5) is 5.13 Å². The number of aromatic nitrogens is 1. The Kier molecular flexibility index (Phi) is 6.09. The number of morpholine rings is 1. The summed E-state index contributed by atoms with van der Waals surface area (Å²) in [5, 5.41) is 9.74. The molecule has 7 heteroatoms. The van der Waals surface area contributed by atoms with E-state index in [-0.39, 0.29) is 5.91 Å². The SMILES string of the molecule is Cc1cc2nc(N(CCN3CCOCC3)C(=O)c3ccc(C#N)cc3)sc2cc1C. The van der Waals surface area contributed by atoms with Gasteiger partial charge in [0.25, 0.3) is 5.91 Å². The molecule has 3 aromatic rings. The zero-order valence-corrected chi connectivity index (χ0v) is 18.0. The Morgan fingerprint density at radius 3 is 2.60 bits per heavy atom. The van der Waals surface area contributed by atoms with Crippen molar-refractivity contribution in [1.29, 1.82) is 5.26 Å². The molecule has 0 atom stereocenters. The fraction of sp³-hybridized carbons (Fsp3) is 0.348. The zero-order chi connectivity index (χ0) is 21.1. The lowest BCUT2D eigenvalue weighted by Gasteiger charge is -2.29. The predicted octanol–water partition coefficient (Wildman–Crippen LogP) is 3.76. The van der Waals surface area contributed by atoms with E-state index < -0.39 is 0 Å². The minimum Gasteiger partial charge on any atom is -0.379 e. The second-order valence-electron chi connectivity index (χ2n) is 7.50. The average Bonchev–Trinajstić information content (AvgIpc) is 3.17. The van der Waals surface area contributed by atoms with E-state index in [0.29, 0.717) is 22.8 Å². The Labute approximate surface area is 180 Å². The maximum Gasteiger partial charge on any atom is 0.260 e. The van der Waals surface area contributed by atoms with Crippen LogP contribution in [0.2, 0.25) is 0 Å². The number of amides is 1. The lowest BCUT2D eigenvalue weighted by atomic mass is 10.1. The maximum absolute atomic E-state index is 13.4. The minimum atomic E-state index is -0.0970. The highest BCUT2D eigenvalue weighted by molar-refractivity contribution is 7.22. The number of anilines is 1. The molecule has 0 unspecified atom stereocenters. The molecule has 1 saturated heterocycles. The third-order valence-electron chi connectivity index (χ3n) is 5.47. The summed E-state index contributed by atoms with van der Waals surface area (Å²) < 4.78 is 6.51. The molecule has 1 aliphatic rings. The molecule has 30 heavy (non-hydrogen) atoms. The number of ether oxygens (including phenoxy) is 1. The van der Waals surface area contributed by atoms with Crippen molar-refractivity contribution >= 4 is 32.6 Å². The van der Waals surface area contributed by atoms with Gasteiger partial charge in [0.15, 0.2) is 5.13 Å². The van der Waals surface area contributed by atoms with Crippen LogP contribution in [-0.2, 0) is 4.74 Å². The number of nitrogens with zero attached hydrogens (tertiary/aromatic N) is 4. The number of aryl methyl sites for hydroxylation is 2. The van der Waals surface area contributed by atoms with Crippen LogP contribution in [0.3, 0.4) is 0 Å². The molecule has 0 saturated carbocycles. The van der Waals surface area contributed by atoms with Gasteiger partial charge < -0.3 is 4.74 Å². The molecule has 1 aromatic heterocycles. The van der Waals surface area contributed by atoms with Crippen molar-refractivity contribution in [2.75, 3.05) is 44.3 Å². The van der Waals surface area contributed by atoms with Gasteiger partial charge in [-0.15, -0.1) is 0 Å². The number of carbonyl (C=O) groups excluding carboxylic acids is 1. The summed E-state index contributed by atoms with van der Waals surface area (Å²) in [6, 6.07) is 13.1. The Morgan fingerprint density at radius 2 is 1.90 bits per heavy atom. The van der Waals surface area contributed by atoms with Gasteiger partial charge >= 0.3 is 0 Å². The standard InChI is InChI=1S/C23H24N4O2S/c1-16-13-20-21(14-17(16)2)30-23(25-20)27(8-7-26-9-11-29-12-10-26)22(28)19-5-3-18(15-24)4-6-19/h3-6,13-14H,7-12H2,1-2H3. The van der Waals surface area contributed by atoms with Gasteiger partial charge in [-0.1, -0.05) is 11.3 Å². The van der Waals surface area contributed by atoms with Crippen LogP contribution in [0.15, 0.2) is 36.4 Å². The van der Waals surface area contributed by atoms with E-state index in [1.54, 1.807) is 40.5 Å². The van der Waals surface area contributed by atoms with Gasteiger partial charge in [0, 0.05) is 31.7 Å². The van der Waals surface area contributed by atoms with E-state index in [9.17, 15) is 4.79 Å². The van der Waals surface area contributed by atoms with Crippen molar-refractivity contribution in [3.8, 4) is 6.07 Å². The minimum absolute atomic E-state index is 0.0970. The monoisotopic (exact) mass is 420 g/mol. The molecular formula is C23H24N4O2S. The Balaban J connectivity index is 1.65. The summed E-state index contributed by atoms with van der Waals surface area (Å²) in [6.45, 7) is 8.68. The first-order chi connectivity index (χ1) is 14.5. The molecule has 2 aromatic carbocycles. The number of hydrogen-bond donors (Lipinski definition) is 0. The average molecular weight is 421 g/mol. The summed E-state index contributed by atoms with van der Waals surface area (Å²) in [7, 11) is 0. The smallest absolute Gasteiger partial charge is 0.260 e. The molecule has 2 heterocycles. The van der Waals surface area contributed by atoms with Gasteiger partial charge in [-0.25, -0.2) is 4.98 Å². The summed E-state index contributed by atoms with van der Waals surface area (Å²) in [4.78, 5) is 22.3. The van der Waals surface area contributed by atoms with E-state index in [0.717, 1.165) is 43.1 Å². The van der Waals surface area contributed by atoms with Crippen LogP contribution < -0.4 is 4.90 Å². The maximum atomic E-state index is 13.4. The van der Waals surface area contributed by atoms with Crippen molar-refractivity contribution in [2.45, 2.75) is 13.8 Å². The van der Waals surface area contributed by atoms with E-state index in [1.165, 1.54) is 11.1 Å². The van der Waals surface area contributed by atoms with E-state index >= 15 is 0 Å². The molecular weight excluding hydrogens is 396 g/mol. The Morgan fingerprint density at radius 1 is 1.20 bits per heavy atom. The molecule has 4 rings (SSSR count). The first-order valence-electron chi connectivity index (χ1n) is 10.0. The van der Waals surface area contributed by atoms with Crippen molar-refractivity contribution in [3.05, 3.63) is 58.7 Å². The van der Waals surface area contributed by atoms with Gasteiger partial charge in [-0.3, -0.25) is 14.6 Å². The van der Waals surface area contributed by atoms with Gasteiger partial charge in [0.2, 0.25) is 0 Å². The summed E-state index contributed by atoms with van der Waals surface area (Å²) in [6.07, 6.45) is 0. The lowest BCUT2D eigenvalue weighted by molar-refractivity contribution is 0.0391. The number of thiazole rings is 1. The number of fused-ring (bicyclic) bond motifs is 1. The van der Waals surface area contributed by atoms with Gasteiger partial charge in [-0.05, 0) is 61.4 Å². The molecule has 0 N–H and O–H groups in total. The van der Waals surface area contributed by atoms with Crippen LogP contribution >= 0.6 is 11.3 Å². The molecule has 0 aliphatic carbocycles. The molecule has 1 amide bonds. The summed E-state index contributed by atoms with van der Waals surface area (Å²) >= 11 is 1.54. The Hall–Kier alpha value is -2.79. The number of carbonyl (C=O) groups is 1. The Bertz CT molecular complexity index is 1060. The predicted molar refractivity (Wildman–Crippen MR) is 119 cm³/mol. The second-order valence-corrected chi connectivity index (χ2v) is 8.51. The van der Waals surface area contributed by atoms with Crippen molar-refractivity contribution in [3.63, 3.8) is 0 Å². The topological polar surface area (TPSA) is 69.5 Å². The highest BCUT2D eigenvalue weighted by Gasteiger charge is 2.23. The molecule has 1 aliphatic heterocycles. The third kappa shape index (κ3) is 4.36. The summed E-state index contributed by atoms with van der Waals surface area (Å²) in [5.41, 5.74) is 4.43. The summed E-state index contributed by atoms with van der Waals surface area (Å²) in [5.74, 6) is -0.0970. The quantitative estimate of drug-likeness (QED) is 0.629. The second kappa shape index (κ2) is 8.92.